The molecule has 11 heteroatoms. The third kappa shape index (κ3) is 3.89. The molecule has 0 radical (unpaired) electrons. The highest BCUT2D eigenvalue weighted by molar-refractivity contribution is 6.02. The molecule has 0 saturated heterocycles. The minimum absolute atomic E-state index is 0.0248. The molecule has 1 aromatic carbocycles. The Morgan fingerprint density at radius 2 is 2.03 bits per heavy atom. The van der Waals surface area contributed by atoms with Crippen LogP contribution in [0, 0.1) is 23.1 Å². The molecule has 4 rings (SSSR count). The first-order valence-electron chi connectivity index (χ1n) is 9.65. The lowest BCUT2D eigenvalue weighted by atomic mass is 9.78. The van der Waals surface area contributed by atoms with Crippen molar-refractivity contribution in [3.05, 3.63) is 59.2 Å². The molecule has 0 unspecified atom stereocenters. The summed E-state index contributed by atoms with van der Waals surface area (Å²) in [6.45, 7) is -0.513. The van der Waals surface area contributed by atoms with E-state index in [4.69, 9.17) is 15.7 Å². The van der Waals surface area contributed by atoms with Crippen LogP contribution in [0.3, 0.4) is 0 Å². The van der Waals surface area contributed by atoms with Gasteiger partial charge in [0.05, 0.1) is 5.56 Å². The Hall–Kier alpha value is -3.52. The van der Waals surface area contributed by atoms with E-state index >= 15 is 0 Å². The molecule has 166 valence electrons. The van der Waals surface area contributed by atoms with E-state index in [0.29, 0.717) is 12.8 Å². The average Bonchev–Trinajstić information content (AvgIpc) is 3.60. The Labute approximate surface area is 179 Å². The first-order valence-corrected chi connectivity index (χ1v) is 9.65. The van der Waals surface area contributed by atoms with Crippen molar-refractivity contribution in [2.45, 2.75) is 30.7 Å². The van der Waals surface area contributed by atoms with Gasteiger partial charge >= 0.3 is 6.18 Å². The number of anilines is 1. The van der Waals surface area contributed by atoms with Gasteiger partial charge in [0.25, 0.3) is 5.91 Å². The summed E-state index contributed by atoms with van der Waals surface area (Å²) in [6, 6.07) is 7.90. The summed E-state index contributed by atoms with van der Waals surface area (Å²) in [5.41, 5.74) is 3.57. The number of ether oxygens (including phenoxy) is 1. The molecule has 2 heterocycles. The zero-order valence-electron chi connectivity index (χ0n) is 16.5. The van der Waals surface area contributed by atoms with Crippen molar-refractivity contribution in [1.29, 1.82) is 5.26 Å². The van der Waals surface area contributed by atoms with E-state index in [2.05, 4.69) is 15.3 Å². The second kappa shape index (κ2) is 7.87. The van der Waals surface area contributed by atoms with Crippen LogP contribution in [0.5, 0.6) is 0 Å². The minimum atomic E-state index is -4.81. The third-order valence-corrected chi connectivity index (χ3v) is 5.40. The molecule has 32 heavy (non-hydrogen) atoms. The normalized spacial score (nSPS) is 23.2. The number of nitriles is 1. The number of aromatic nitrogens is 1. The van der Waals surface area contributed by atoms with Crippen molar-refractivity contribution >= 4 is 17.4 Å². The first-order chi connectivity index (χ1) is 15.1. The van der Waals surface area contributed by atoms with Crippen LogP contribution in [-0.2, 0) is 10.3 Å². The Kier molecular flexibility index (Phi) is 5.34. The van der Waals surface area contributed by atoms with E-state index in [9.17, 15) is 22.4 Å². The highest BCUT2D eigenvalue weighted by atomic mass is 19.4. The van der Waals surface area contributed by atoms with Crippen LogP contribution in [-0.4, -0.2) is 35.6 Å². The van der Waals surface area contributed by atoms with Gasteiger partial charge in [-0.3, -0.25) is 9.79 Å². The second-order valence-electron chi connectivity index (χ2n) is 7.63. The molecule has 0 spiro atoms. The summed E-state index contributed by atoms with van der Waals surface area (Å²) in [5, 5.41) is 11.3. The molecule has 1 amide bonds. The van der Waals surface area contributed by atoms with Crippen molar-refractivity contribution in [3.63, 3.8) is 0 Å². The van der Waals surface area contributed by atoms with Crippen LogP contribution < -0.4 is 11.1 Å². The quantitative estimate of drug-likeness (QED) is 0.699. The van der Waals surface area contributed by atoms with E-state index in [1.807, 2.05) is 6.07 Å². The van der Waals surface area contributed by atoms with Gasteiger partial charge in [0.15, 0.2) is 6.10 Å². The number of amidine groups is 1. The average molecular weight is 447 g/mol. The predicted molar refractivity (Wildman–Crippen MR) is 105 cm³/mol. The van der Waals surface area contributed by atoms with E-state index in [1.54, 1.807) is 0 Å². The number of aliphatic imine (C=N–C) groups is 1. The highest BCUT2D eigenvalue weighted by Gasteiger charge is 2.64. The Bertz CT molecular complexity index is 1120. The molecule has 2 aromatic rings. The fraction of sp³-hybridized carbons (Fsp3) is 0.333. The zero-order valence-corrected chi connectivity index (χ0v) is 16.5. The number of halogens is 4. The summed E-state index contributed by atoms with van der Waals surface area (Å²) in [4.78, 5) is 20.5. The topological polar surface area (TPSA) is 113 Å². The van der Waals surface area contributed by atoms with E-state index < -0.39 is 42.1 Å². The van der Waals surface area contributed by atoms with Gasteiger partial charge < -0.3 is 15.8 Å². The maximum atomic E-state index is 14.9. The number of rotatable bonds is 4. The predicted octanol–water partition coefficient (Wildman–Crippen LogP) is 3.27. The van der Waals surface area contributed by atoms with Crippen molar-refractivity contribution in [2.75, 3.05) is 11.9 Å². The number of nitrogens with two attached hydrogens (primary N) is 1. The smallest absolute Gasteiger partial charge is 0.386 e. The lowest BCUT2D eigenvalue weighted by Gasteiger charge is -2.42. The van der Waals surface area contributed by atoms with Gasteiger partial charge in [-0.15, -0.1) is 0 Å². The van der Waals surface area contributed by atoms with E-state index in [0.717, 1.165) is 12.1 Å². The molecule has 3 N–H and O–H groups in total. The fourth-order valence-corrected chi connectivity index (χ4v) is 3.92. The standard InChI is InChI=1S/C21H17F4N5O2/c22-15-5-4-13(29-18(31)16-6-1-11(8-26)9-28-16)7-14(15)20(12-2-3-12)19(21(23,24)25)32-10-17(27)30-20/h1,4-7,9,12,19H,2-3,10H2,(H2,27,30)(H,29,31)/t19-,20-/m1/s1. The van der Waals surface area contributed by atoms with Crippen LogP contribution in [0.4, 0.5) is 23.2 Å². The van der Waals surface area contributed by atoms with E-state index in [-0.39, 0.29) is 28.3 Å². The van der Waals surface area contributed by atoms with Crippen LogP contribution in [0.1, 0.15) is 34.5 Å². The number of pyridine rings is 1. The maximum Gasteiger partial charge on any atom is 0.417 e. The Morgan fingerprint density at radius 3 is 2.62 bits per heavy atom. The SMILES string of the molecule is N#Cc1ccc(C(=O)Nc2ccc(F)c([C@@]3(C4CC4)N=C(N)CO[C@H]3C(F)(F)F)c2)nc1. The molecule has 1 saturated carbocycles. The number of alkyl halides is 3. The minimum Gasteiger partial charge on any atom is -0.386 e. The molecule has 0 bridgehead atoms. The zero-order chi connectivity index (χ0) is 23.1. The number of benzene rings is 1. The summed E-state index contributed by atoms with van der Waals surface area (Å²) >= 11 is 0. The third-order valence-electron chi connectivity index (χ3n) is 5.40. The number of hydrogen-bond acceptors (Lipinski definition) is 6. The highest BCUT2D eigenvalue weighted by Crippen LogP contribution is 2.56. The van der Waals surface area contributed by atoms with Crippen molar-refractivity contribution in [2.24, 2.45) is 16.6 Å². The van der Waals surface area contributed by atoms with Gasteiger partial charge in [0.1, 0.15) is 35.6 Å². The Morgan fingerprint density at radius 1 is 1.28 bits per heavy atom. The van der Waals surface area contributed by atoms with Crippen LogP contribution in [0.2, 0.25) is 0 Å². The molecule has 1 aliphatic carbocycles. The number of nitrogens with one attached hydrogen (secondary N) is 1. The fourth-order valence-electron chi connectivity index (χ4n) is 3.92. The molecule has 2 aliphatic rings. The van der Waals surface area contributed by atoms with Gasteiger partial charge in [-0.25, -0.2) is 9.37 Å². The molecule has 1 aromatic heterocycles. The number of carbonyl (C=O) groups is 1. The van der Waals surface area contributed by atoms with Crippen LogP contribution in [0.25, 0.3) is 0 Å². The van der Waals surface area contributed by atoms with Crippen molar-refractivity contribution < 1.29 is 27.1 Å². The second-order valence-corrected chi connectivity index (χ2v) is 7.63. The largest absolute Gasteiger partial charge is 0.417 e. The van der Waals surface area contributed by atoms with Gasteiger partial charge in [0, 0.05) is 17.4 Å². The summed E-state index contributed by atoms with van der Waals surface area (Å²) in [5.74, 6) is -2.37. The molecule has 7 nitrogen and oxygen atoms in total. The van der Waals surface area contributed by atoms with Crippen LogP contribution >= 0.6 is 0 Å². The lowest BCUT2D eigenvalue weighted by Crippen LogP contribution is -2.55. The molecular formula is C21H17F4N5O2. The monoisotopic (exact) mass is 447 g/mol. The number of amides is 1. The first kappa shape index (κ1) is 21.7. The molecule has 1 aliphatic heterocycles. The van der Waals surface area contributed by atoms with Gasteiger partial charge in [0.2, 0.25) is 0 Å². The number of hydrogen-bond donors (Lipinski definition) is 2. The molecule has 2 atom stereocenters. The van der Waals surface area contributed by atoms with Gasteiger partial charge in [-0.05, 0) is 49.1 Å². The van der Waals surface area contributed by atoms with Gasteiger partial charge in [-0.1, -0.05) is 0 Å². The van der Waals surface area contributed by atoms with Crippen molar-refractivity contribution in [3.8, 4) is 6.07 Å². The number of nitrogens with zero attached hydrogens (tertiary/aromatic N) is 3. The Balaban J connectivity index is 1.74. The summed E-state index contributed by atoms with van der Waals surface area (Å²) < 4.78 is 61.7. The van der Waals surface area contributed by atoms with Crippen LogP contribution in [0.15, 0.2) is 41.5 Å². The molecule has 1 fully saturated rings. The van der Waals surface area contributed by atoms with Gasteiger partial charge in [-0.2, -0.15) is 18.4 Å². The summed E-state index contributed by atoms with van der Waals surface area (Å²) in [7, 11) is 0. The maximum absolute atomic E-state index is 14.9. The summed E-state index contributed by atoms with van der Waals surface area (Å²) in [6.07, 6.45) is -5.19. The number of carbonyl (C=O) groups excluding carboxylic acids is 1. The molecular weight excluding hydrogens is 430 g/mol. The van der Waals surface area contributed by atoms with Crippen molar-refractivity contribution in [1.82, 2.24) is 4.98 Å². The van der Waals surface area contributed by atoms with E-state index in [1.165, 1.54) is 24.4 Å². The lowest BCUT2D eigenvalue weighted by molar-refractivity contribution is -0.243.